The van der Waals surface area contributed by atoms with Gasteiger partial charge in [0, 0.05) is 6.54 Å². The fourth-order valence-corrected chi connectivity index (χ4v) is 5.89. The molecule has 1 aromatic carbocycles. The molecule has 1 heterocycles. The Morgan fingerprint density at radius 2 is 1.79 bits per heavy atom. The van der Waals surface area contributed by atoms with Crippen molar-refractivity contribution >= 4 is 10.0 Å². The van der Waals surface area contributed by atoms with Crippen molar-refractivity contribution in [3.63, 3.8) is 0 Å². The first-order chi connectivity index (χ1) is 11.3. The monoisotopic (exact) mass is 355 g/mol. The average molecular weight is 355 g/mol. The first-order valence-corrected chi connectivity index (χ1v) is 9.65. The van der Waals surface area contributed by atoms with Crippen LogP contribution in [0.5, 0.6) is 11.5 Å². The summed E-state index contributed by atoms with van der Waals surface area (Å²) in [6.45, 7) is 4.19. The average Bonchev–Trinajstić information content (AvgIpc) is 2.99. The highest BCUT2D eigenvalue weighted by Gasteiger charge is 2.49. The minimum absolute atomic E-state index is 0.0516. The molecule has 1 aliphatic heterocycles. The zero-order valence-corrected chi connectivity index (χ0v) is 15.4. The number of ether oxygens (including phenoxy) is 3. The summed E-state index contributed by atoms with van der Waals surface area (Å²) >= 11 is 0. The van der Waals surface area contributed by atoms with Gasteiger partial charge in [0.05, 0.1) is 32.0 Å². The van der Waals surface area contributed by atoms with Crippen LogP contribution in [0.25, 0.3) is 0 Å². The third-order valence-corrected chi connectivity index (χ3v) is 6.68. The topological polar surface area (TPSA) is 65.1 Å². The predicted octanol–water partition coefficient (Wildman–Crippen LogP) is 2.42. The van der Waals surface area contributed by atoms with Crippen molar-refractivity contribution in [2.24, 2.45) is 0 Å². The van der Waals surface area contributed by atoms with E-state index in [-0.39, 0.29) is 17.0 Å². The van der Waals surface area contributed by atoms with Crippen molar-refractivity contribution in [1.82, 2.24) is 4.31 Å². The summed E-state index contributed by atoms with van der Waals surface area (Å²) in [7, 11) is -0.834. The molecule has 134 valence electrons. The molecular weight excluding hydrogens is 330 g/mol. The van der Waals surface area contributed by atoms with E-state index < -0.39 is 15.6 Å². The third kappa shape index (κ3) is 2.89. The highest BCUT2D eigenvalue weighted by molar-refractivity contribution is 7.89. The summed E-state index contributed by atoms with van der Waals surface area (Å²) in [6, 6.07) is 4.89. The zero-order valence-electron chi connectivity index (χ0n) is 14.6. The first-order valence-electron chi connectivity index (χ1n) is 8.21. The highest BCUT2D eigenvalue weighted by Crippen LogP contribution is 2.42. The van der Waals surface area contributed by atoms with Gasteiger partial charge in [-0.1, -0.05) is 6.07 Å². The van der Waals surface area contributed by atoms with Crippen LogP contribution in [-0.4, -0.2) is 51.2 Å². The van der Waals surface area contributed by atoms with Crippen LogP contribution in [0.4, 0.5) is 0 Å². The van der Waals surface area contributed by atoms with Gasteiger partial charge in [-0.25, -0.2) is 8.42 Å². The van der Waals surface area contributed by atoms with Crippen molar-refractivity contribution in [2.75, 3.05) is 20.8 Å². The van der Waals surface area contributed by atoms with Crippen LogP contribution in [0, 0.1) is 0 Å². The fourth-order valence-electron chi connectivity index (χ4n) is 3.76. The van der Waals surface area contributed by atoms with Gasteiger partial charge in [-0.2, -0.15) is 4.31 Å². The Morgan fingerprint density at radius 1 is 1.17 bits per heavy atom. The van der Waals surface area contributed by atoms with Gasteiger partial charge in [0.25, 0.3) is 10.0 Å². The van der Waals surface area contributed by atoms with Crippen molar-refractivity contribution in [1.29, 1.82) is 0 Å². The number of nitrogens with zero attached hydrogens (tertiary/aromatic N) is 1. The van der Waals surface area contributed by atoms with Gasteiger partial charge in [-0.05, 0) is 45.2 Å². The molecule has 0 aromatic heterocycles. The van der Waals surface area contributed by atoms with Gasteiger partial charge < -0.3 is 14.2 Å². The molecule has 2 aliphatic rings. The van der Waals surface area contributed by atoms with Gasteiger partial charge >= 0.3 is 0 Å². The molecule has 0 radical (unpaired) electrons. The largest absolute Gasteiger partial charge is 0.495 e. The molecule has 0 spiro atoms. The molecule has 0 unspecified atom stereocenters. The van der Waals surface area contributed by atoms with E-state index in [0.29, 0.717) is 18.0 Å². The summed E-state index contributed by atoms with van der Waals surface area (Å²) in [6.07, 6.45) is 2.63. The van der Waals surface area contributed by atoms with E-state index in [0.717, 1.165) is 19.3 Å². The molecule has 2 fully saturated rings. The van der Waals surface area contributed by atoms with E-state index in [1.54, 1.807) is 22.5 Å². The maximum atomic E-state index is 13.5. The minimum atomic E-state index is -3.77. The maximum absolute atomic E-state index is 13.5. The summed E-state index contributed by atoms with van der Waals surface area (Å²) in [4.78, 5) is 0.0957. The molecule has 1 aromatic rings. The minimum Gasteiger partial charge on any atom is -0.495 e. The van der Waals surface area contributed by atoms with E-state index >= 15 is 0 Å². The van der Waals surface area contributed by atoms with Crippen LogP contribution >= 0.6 is 0 Å². The number of morpholine rings is 1. The number of sulfonamides is 1. The standard InChI is InChI=1S/C17H25NO5S/c1-17(2)11-18(12-7-5-8-13(12)23-17)24(19,20)16-14(21-3)9-6-10-15(16)22-4/h6,9-10,12-13H,5,7-8,11H2,1-4H3/t12-,13-/m1/s1. The number of benzene rings is 1. The summed E-state index contributed by atoms with van der Waals surface area (Å²) in [5.74, 6) is 0.599. The molecule has 6 nitrogen and oxygen atoms in total. The van der Waals surface area contributed by atoms with Crippen molar-refractivity contribution in [3.05, 3.63) is 18.2 Å². The Morgan fingerprint density at radius 3 is 2.38 bits per heavy atom. The van der Waals surface area contributed by atoms with E-state index in [9.17, 15) is 8.42 Å². The lowest BCUT2D eigenvalue weighted by atomic mass is 10.0. The second kappa shape index (κ2) is 6.20. The van der Waals surface area contributed by atoms with Gasteiger partial charge in [0.2, 0.25) is 0 Å². The number of hydrogen-bond donors (Lipinski definition) is 0. The molecule has 24 heavy (non-hydrogen) atoms. The molecule has 0 bridgehead atoms. The van der Waals surface area contributed by atoms with Crippen molar-refractivity contribution < 1.29 is 22.6 Å². The maximum Gasteiger partial charge on any atom is 0.250 e. The zero-order chi connectivity index (χ0) is 17.5. The Balaban J connectivity index is 2.10. The van der Waals surface area contributed by atoms with E-state index in [4.69, 9.17) is 14.2 Å². The molecule has 0 N–H and O–H groups in total. The Kier molecular flexibility index (Phi) is 4.53. The van der Waals surface area contributed by atoms with Crippen LogP contribution in [0.3, 0.4) is 0 Å². The first kappa shape index (κ1) is 17.5. The van der Waals surface area contributed by atoms with Crippen molar-refractivity contribution in [2.45, 2.75) is 55.8 Å². The lowest BCUT2D eigenvalue weighted by Gasteiger charge is -2.45. The highest BCUT2D eigenvalue weighted by atomic mass is 32.2. The van der Waals surface area contributed by atoms with E-state index in [1.165, 1.54) is 14.2 Å². The SMILES string of the molecule is COc1cccc(OC)c1S(=O)(=O)N1CC(C)(C)O[C@@H]2CCC[C@H]21. The summed E-state index contributed by atoms with van der Waals surface area (Å²) in [5, 5.41) is 0. The molecule has 0 amide bonds. The van der Waals surface area contributed by atoms with Gasteiger partial charge in [-0.15, -0.1) is 0 Å². The molecule has 7 heteroatoms. The number of rotatable bonds is 4. The second-order valence-electron chi connectivity index (χ2n) is 6.96. The van der Waals surface area contributed by atoms with Crippen LogP contribution in [-0.2, 0) is 14.8 Å². The van der Waals surface area contributed by atoms with Gasteiger partial charge in [0.15, 0.2) is 4.90 Å². The Labute approximate surface area is 143 Å². The van der Waals surface area contributed by atoms with Crippen LogP contribution < -0.4 is 9.47 Å². The number of fused-ring (bicyclic) bond motifs is 1. The number of hydrogen-bond acceptors (Lipinski definition) is 5. The normalized spacial score (nSPS) is 26.8. The molecule has 2 atom stereocenters. The van der Waals surface area contributed by atoms with Crippen molar-refractivity contribution in [3.8, 4) is 11.5 Å². The lowest BCUT2D eigenvalue weighted by molar-refractivity contribution is -0.132. The summed E-state index contributed by atoms with van der Waals surface area (Å²) in [5.41, 5.74) is -0.520. The van der Waals surface area contributed by atoms with Crippen LogP contribution in [0.15, 0.2) is 23.1 Å². The number of methoxy groups -OCH3 is 2. The second-order valence-corrected chi connectivity index (χ2v) is 8.78. The van der Waals surface area contributed by atoms with Gasteiger partial charge in [0.1, 0.15) is 11.5 Å². The van der Waals surface area contributed by atoms with Crippen LogP contribution in [0.2, 0.25) is 0 Å². The molecule has 1 saturated heterocycles. The molecule has 1 saturated carbocycles. The van der Waals surface area contributed by atoms with E-state index in [2.05, 4.69) is 0 Å². The third-order valence-electron chi connectivity index (χ3n) is 4.74. The Bertz CT molecular complexity index is 693. The Hall–Kier alpha value is -1.31. The lowest BCUT2D eigenvalue weighted by Crippen LogP contribution is -2.58. The van der Waals surface area contributed by atoms with E-state index in [1.807, 2.05) is 13.8 Å². The fraction of sp³-hybridized carbons (Fsp3) is 0.647. The molecule has 1 aliphatic carbocycles. The van der Waals surface area contributed by atoms with Crippen LogP contribution in [0.1, 0.15) is 33.1 Å². The molecular formula is C17H25NO5S. The smallest absolute Gasteiger partial charge is 0.250 e. The quantitative estimate of drug-likeness (QED) is 0.830. The summed E-state index contributed by atoms with van der Waals surface area (Å²) < 4.78 is 45.3. The predicted molar refractivity (Wildman–Crippen MR) is 90.0 cm³/mol. The molecule has 3 rings (SSSR count). The van der Waals surface area contributed by atoms with Gasteiger partial charge in [-0.3, -0.25) is 0 Å².